The number of hydrogen-bond acceptors (Lipinski definition) is 6. The van der Waals surface area contributed by atoms with E-state index in [2.05, 4.69) is 20.8 Å². The van der Waals surface area contributed by atoms with Crippen LogP contribution in [0.2, 0.25) is 0 Å². The van der Waals surface area contributed by atoms with Gasteiger partial charge in [0.1, 0.15) is 0 Å². The minimum Gasteiger partial charge on any atom is -0.383 e. The standard InChI is InChI=1S/C10H18N4O2S/c1-4-7(6-16-3)12-8(15)9-13-14-10(17-9)11-5-2/h7H,4-6H2,1-3H3,(H,11,14)(H,12,15). The van der Waals surface area contributed by atoms with Gasteiger partial charge in [-0.05, 0) is 13.3 Å². The van der Waals surface area contributed by atoms with Crippen LogP contribution >= 0.6 is 11.3 Å². The fraction of sp³-hybridized carbons (Fsp3) is 0.700. The van der Waals surface area contributed by atoms with Crippen molar-refractivity contribution in [1.82, 2.24) is 15.5 Å². The molecule has 1 rings (SSSR count). The maximum atomic E-state index is 11.8. The zero-order valence-corrected chi connectivity index (χ0v) is 11.1. The molecule has 0 saturated carbocycles. The van der Waals surface area contributed by atoms with Crippen LogP contribution in [0.15, 0.2) is 0 Å². The summed E-state index contributed by atoms with van der Waals surface area (Å²) in [6.07, 6.45) is 0.818. The van der Waals surface area contributed by atoms with Crippen molar-refractivity contribution in [1.29, 1.82) is 0 Å². The highest BCUT2D eigenvalue weighted by Gasteiger charge is 2.16. The Kier molecular flexibility index (Phi) is 5.85. The summed E-state index contributed by atoms with van der Waals surface area (Å²) in [5, 5.41) is 14.6. The van der Waals surface area contributed by atoms with Crippen LogP contribution in [0.3, 0.4) is 0 Å². The van der Waals surface area contributed by atoms with Crippen molar-refractivity contribution in [3.8, 4) is 0 Å². The van der Waals surface area contributed by atoms with Gasteiger partial charge < -0.3 is 15.4 Å². The van der Waals surface area contributed by atoms with Crippen molar-refractivity contribution >= 4 is 22.4 Å². The molecule has 1 aromatic rings. The Hall–Kier alpha value is -1.21. The van der Waals surface area contributed by atoms with E-state index in [4.69, 9.17) is 4.74 Å². The Morgan fingerprint density at radius 3 is 2.82 bits per heavy atom. The van der Waals surface area contributed by atoms with E-state index in [0.29, 0.717) is 16.7 Å². The maximum absolute atomic E-state index is 11.8. The Balaban J connectivity index is 2.55. The lowest BCUT2D eigenvalue weighted by molar-refractivity contribution is 0.0893. The molecular formula is C10H18N4O2S. The van der Waals surface area contributed by atoms with Crippen LogP contribution in [0.4, 0.5) is 5.13 Å². The molecule has 0 aliphatic carbocycles. The van der Waals surface area contributed by atoms with Gasteiger partial charge in [0.15, 0.2) is 0 Å². The second kappa shape index (κ2) is 7.18. The summed E-state index contributed by atoms with van der Waals surface area (Å²) in [7, 11) is 1.61. The minimum atomic E-state index is -0.199. The van der Waals surface area contributed by atoms with Gasteiger partial charge in [-0.25, -0.2) is 0 Å². The van der Waals surface area contributed by atoms with Crippen LogP contribution in [0, 0.1) is 0 Å². The van der Waals surface area contributed by atoms with E-state index in [1.54, 1.807) is 7.11 Å². The summed E-state index contributed by atoms with van der Waals surface area (Å²) in [6, 6.07) is 0.0129. The first-order valence-electron chi connectivity index (χ1n) is 5.58. The van der Waals surface area contributed by atoms with Crippen LogP contribution < -0.4 is 10.6 Å². The van der Waals surface area contributed by atoms with Gasteiger partial charge in [-0.15, -0.1) is 10.2 Å². The molecule has 1 heterocycles. The monoisotopic (exact) mass is 258 g/mol. The molecule has 0 fully saturated rings. The molecule has 0 spiro atoms. The average molecular weight is 258 g/mol. The molecule has 1 amide bonds. The third kappa shape index (κ3) is 4.27. The van der Waals surface area contributed by atoms with E-state index in [1.165, 1.54) is 11.3 Å². The second-order valence-electron chi connectivity index (χ2n) is 3.48. The number of rotatable bonds is 7. The zero-order valence-electron chi connectivity index (χ0n) is 10.3. The smallest absolute Gasteiger partial charge is 0.282 e. The number of nitrogens with one attached hydrogen (secondary N) is 2. The predicted molar refractivity (Wildman–Crippen MR) is 67.5 cm³/mol. The number of carbonyl (C=O) groups excluding carboxylic acids is 1. The molecular weight excluding hydrogens is 240 g/mol. The van der Waals surface area contributed by atoms with Gasteiger partial charge in [0.25, 0.3) is 5.91 Å². The summed E-state index contributed by atoms with van der Waals surface area (Å²) in [4.78, 5) is 11.8. The van der Waals surface area contributed by atoms with E-state index >= 15 is 0 Å². The van der Waals surface area contributed by atoms with Crippen molar-refractivity contribution in [2.75, 3.05) is 25.6 Å². The molecule has 0 saturated heterocycles. The molecule has 96 valence electrons. The molecule has 0 bridgehead atoms. The molecule has 0 aliphatic rings. The van der Waals surface area contributed by atoms with E-state index in [9.17, 15) is 4.79 Å². The van der Waals surface area contributed by atoms with Gasteiger partial charge >= 0.3 is 0 Å². The fourth-order valence-corrected chi connectivity index (χ4v) is 1.96. The molecule has 6 nitrogen and oxygen atoms in total. The second-order valence-corrected chi connectivity index (χ2v) is 4.45. The van der Waals surface area contributed by atoms with Gasteiger partial charge in [-0.2, -0.15) is 0 Å². The van der Waals surface area contributed by atoms with E-state index in [1.807, 2.05) is 13.8 Å². The number of hydrogen-bond donors (Lipinski definition) is 2. The van der Waals surface area contributed by atoms with E-state index < -0.39 is 0 Å². The maximum Gasteiger partial charge on any atom is 0.282 e. The van der Waals surface area contributed by atoms with Crippen molar-refractivity contribution in [3.63, 3.8) is 0 Å². The largest absolute Gasteiger partial charge is 0.383 e. The van der Waals surface area contributed by atoms with Crippen molar-refractivity contribution in [2.45, 2.75) is 26.3 Å². The highest BCUT2D eigenvalue weighted by Crippen LogP contribution is 2.14. The molecule has 2 N–H and O–H groups in total. The topological polar surface area (TPSA) is 76.1 Å². The third-order valence-corrected chi connectivity index (χ3v) is 3.02. The van der Waals surface area contributed by atoms with Crippen LogP contribution in [-0.4, -0.2) is 42.4 Å². The highest BCUT2D eigenvalue weighted by molar-refractivity contribution is 7.17. The lowest BCUT2D eigenvalue weighted by Gasteiger charge is -2.14. The van der Waals surface area contributed by atoms with Crippen LogP contribution in [0.1, 0.15) is 30.1 Å². The number of nitrogens with zero attached hydrogens (tertiary/aromatic N) is 2. The first-order valence-corrected chi connectivity index (χ1v) is 6.40. The number of carbonyl (C=O) groups is 1. The molecule has 0 aliphatic heterocycles. The SMILES string of the molecule is CCNc1nnc(C(=O)NC(CC)COC)s1. The summed E-state index contributed by atoms with van der Waals surface area (Å²) >= 11 is 1.25. The Labute approximate surface area is 105 Å². The summed E-state index contributed by atoms with van der Waals surface area (Å²) in [5.74, 6) is -0.199. The molecule has 17 heavy (non-hydrogen) atoms. The highest BCUT2D eigenvalue weighted by atomic mass is 32.1. The number of amides is 1. The van der Waals surface area contributed by atoms with Gasteiger partial charge in [0.05, 0.1) is 12.6 Å². The van der Waals surface area contributed by atoms with Gasteiger partial charge in [-0.1, -0.05) is 18.3 Å². The molecule has 1 aromatic heterocycles. The molecule has 0 aromatic carbocycles. The first kappa shape index (κ1) is 13.9. The lowest BCUT2D eigenvalue weighted by atomic mass is 10.2. The Morgan fingerprint density at radius 1 is 1.47 bits per heavy atom. The summed E-state index contributed by atoms with van der Waals surface area (Å²) in [5.41, 5.74) is 0. The molecule has 0 radical (unpaired) electrons. The van der Waals surface area contributed by atoms with E-state index in [0.717, 1.165) is 13.0 Å². The third-order valence-electron chi connectivity index (χ3n) is 2.14. The van der Waals surface area contributed by atoms with Crippen LogP contribution in [-0.2, 0) is 4.74 Å². The van der Waals surface area contributed by atoms with Crippen LogP contribution in [0.25, 0.3) is 0 Å². The first-order chi connectivity index (χ1) is 8.21. The number of ether oxygens (including phenoxy) is 1. The van der Waals surface area contributed by atoms with Crippen molar-refractivity contribution in [3.05, 3.63) is 5.01 Å². The summed E-state index contributed by atoms with van der Waals surface area (Å²) < 4.78 is 5.02. The number of methoxy groups -OCH3 is 1. The number of aromatic nitrogens is 2. The van der Waals surface area contributed by atoms with Gasteiger partial charge in [-0.3, -0.25) is 4.79 Å². The fourth-order valence-electron chi connectivity index (χ4n) is 1.25. The zero-order chi connectivity index (χ0) is 12.7. The number of anilines is 1. The lowest BCUT2D eigenvalue weighted by Crippen LogP contribution is -2.37. The predicted octanol–water partition coefficient (Wildman–Crippen LogP) is 1.12. The normalized spacial score (nSPS) is 12.2. The molecule has 7 heteroatoms. The van der Waals surface area contributed by atoms with E-state index in [-0.39, 0.29) is 11.9 Å². The average Bonchev–Trinajstić information content (AvgIpc) is 2.77. The van der Waals surface area contributed by atoms with Crippen molar-refractivity contribution < 1.29 is 9.53 Å². The van der Waals surface area contributed by atoms with Crippen LogP contribution in [0.5, 0.6) is 0 Å². The Bertz CT molecular complexity index is 356. The quantitative estimate of drug-likeness (QED) is 0.766. The van der Waals surface area contributed by atoms with Crippen molar-refractivity contribution in [2.24, 2.45) is 0 Å². The molecule has 1 unspecified atom stereocenters. The minimum absolute atomic E-state index is 0.0129. The van der Waals surface area contributed by atoms with Gasteiger partial charge in [0, 0.05) is 13.7 Å². The Morgan fingerprint density at radius 2 is 2.24 bits per heavy atom. The van der Waals surface area contributed by atoms with Gasteiger partial charge in [0.2, 0.25) is 10.1 Å². The summed E-state index contributed by atoms with van der Waals surface area (Å²) in [6.45, 7) is 5.22. The molecule has 1 atom stereocenters.